The SMILES string of the molecule is C=CC[C@@]1(C)C[C@H](c2cccc(Cl)c2)[C@@H](c2ccc(Cl)cc2)N(C(CC)[C@@H]2CN(C(=O)OC(C)(C)C)CCO2)C1=O. The second-order valence-electron chi connectivity index (χ2n) is 12.4. The van der Waals surface area contributed by atoms with Crippen LogP contribution in [0.1, 0.15) is 77.0 Å². The number of nitrogens with zero attached hydrogens (tertiary/aromatic N) is 2. The molecule has 2 saturated heterocycles. The van der Waals surface area contributed by atoms with Crippen molar-refractivity contribution in [3.05, 3.63) is 82.4 Å². The standard InChI is InChI=1S/C33H42Cl2N2O4/c1-7-16-33(6)20-26(23-10-9-11-25(35)19-23)29(22-12-14-24(34)15-13-22)37(30(33)38)27(8-2)28-21-36(17-18-40-28)31(39)41-32(3,4)5/h7,9-15,19,26-29H,1,8,16-18,20-21H2,2-6H3/t26-,27?,28+,29-,33+/m1/s1. The van der Waals surface area contributed by atoms with Gasteiger partial charge in [-0.25, -0.2) is 4.79 Å². The Balaban J connectivity index is 1.81. The minimum atomic E-state index is -0.676. The van der Waals surface area contributed by atoms with Gasteiger partial charge in [0.2, 0.25) is 5.91 Å². The Morgan fingerprint density at radius 1 is 1.17 bits per heavy atom. The highest BCUT2D eigenvalue weighted by Gasteiger charge is 2.52. The maximum atomic E-state index is 14.6. The van der Waals surface area contributed by atoms with Crippen molar-refractivity contribution in [3.8, 4) is 0 Å². The van der Waals surface area contributed by atoms with Crippen molar-refractivity contribution in [2.24, 2.45) is 5.41 Å². The second kappa shape index (κ2) is 12.8. The number of amides is 2. The maximum absolute atomic E-state index is 14.6. The lowest BCUT2D eigenvalue weighted by Crippen LogP contribution is -2.61. The average Bonchev–Trinajstić information content (AvgIpc) is 2.91. The third kappa shape index (κ3) is 7.10. The van der Waals surface area contributed by atoms with Crippen LogP contribution in [0.4, 0.5) is 4.79 Å². The van der Waals surface area contributed by atoms with Gasteiger partial charge >= 0.3 is 6.09 Å². The summed E-state index contributed by atoms with van der Waals surface area (Å²) in [5.74, 6) is 0.0117. The molecule has 2 aliphatic heterocycles. The Labute approximate surface area is 254 Å². The predicted molar refractivity (Wildman–Crippen MR) is 164 cm³/mol. The van der Waals surface area contributed by atoms with Gasteiger partial charge in [-0.05, 0) is 75.4 Å². The first-order valence-corrected chi connectivity index (χ1v) is 15.2. The molecule has 8 heteroatoms. The van der Waals surface area contributed by atoms with Crippen LogP contribution in [0.5, 0.6) is 0 Å². The Kier molecular flexibility index (Phi) is 9.77. The highest BCUT2D eigenvalue weighted by Crippen LogP contribution is 2.52. The Hall–Kier alpha value is -2.54. The molecule has 1 unspecified atom stereocenters. The minimum absolute atomic E-state index is 0.0443. The molecule has 0 spiro atoms. The molecule has 2 amide bonds. The van der Waals surface area contributed by atoms with Gasteiger partial charge in [0.25, 0.3) is 0 Å². The van der Waals surface area contributed by atoms with E-state index in [9.17, 15) is 9.59 Å². The summed E-state index contributed by atoms with van der Waals surface area (Å²) in [6.07, 6.45) is 2.90. The van der Waals surface area contributed by atoms with Gasteiger partial charge < -0.3 is 19.3 Å². The van der Waals surface area contributed by atoms with Crippen molar-refractivity contribution in [1.29, 1.82) is 0 Å². The number of ether oxygens (including phenoxy) is 2. The molecule has 6 nitrogen and oxygen atoms in total. The number of allylic oxidation sites excluding steroid dienone is 1. The van der Waals surface area contributed by atoms with Crippen LogP contribution in [0, 0.1) is 5.41 Å². The Bertz CT molecular complexity index is 1240. The molecule has 0 bridgehead atoms. The van der Waals surface area contributed by atoms with E-state index in [4.69, 9.17) is 32.7 Å². The van der Waals surface area contributed by atoms with Crippen molar-refractivity contribution in [2.45, 2.75) is 83.6 Å². The number of hydrogen-bond acceptors (Lipinski definition) is 4. The van der Waals surface area contributed by atoms with E-state index in [1.165, 1.54) is 0 Å². The number of carbonyl (C=O) groups excluding carboxylic acids is 2. The van der Waals surface area contributed by atoms with Gasteiger partial charge in [0.15, 0.2) is 0 Å². The topological polar surface area (TPSA) is 59.1 Å². The lowest BCUT2D eigenvalue weighted by atomic mass is 9.67. The van der Waals surface area contributed by atoms with E-state index in [0.29, 0.717) is 49.0 Å². The van der Waals surface area contributed by atoms with Crippen LogP contribution in [-0.4, -0.2) is 59.2 Å². The van der Waals surface area contributed by atoms with Crippen LogP contribution >= 0.6 is 23.2 Å². The average molecular weight is 602 g/mol. The van der Waals surface area contributed by atoms with E-state index in [0.717, 1.165) is 11.1 Å². The number of morpholine rings is 1. The number of carbonyl (C=O) groups is 2. The molecular weight excluding hydrogens is 559 g/mol. The normalized spacial score (nSPS) is 26.0. The number of benzene rings is 2. The number of hydrogen-bond donors (Lipinski definition) is 0. The molecule has 0 radical (unpaired) electrons. The third-order valence-electron chi connectivity index (χ3n) is 8.14. The second-order valence-corrected chi connectivity index (χ2v) is 13.3. The van der Waals surface area contributed by atoms with Crippen molar-refractivity contribution in [3.63, 3.8) is 0 Å². The largest absolute Gasteiger partial charge is 0.444 e. The van der Waals surface area contributed by atoms with Crippen molar-refractivity contribution >= 4 is 35.2 Å². The molecule has 0 saturated carbocycles. The molecule has 0 N–H and O–H groups in total. The predicted octanol–water partition coefficient (Wildman–Crippen LogP) is 8.05. The van der Waals surface area contributed by atoms with Gasteiger partial charge in [-0.1, -0.05) is 67.4 Å². The lowest BCUT2D eigenvalue weighted by molar-refractivity contribution is -0.163. The molecule has 2 heterocycles. The van der Waals surface area contributed by atoms with Gasteiger partial charge in [0.1, 0.15) is 5.60 Å². The van der Waals surface area contributed by atoms with Gasteiger partial charge in [-0.3, -0.25) is 4.79 Å². The number of piperidine rings is 1. The molecule has 2 aromatic rings. The highest BCUT2D eigenvalue weighted by molar-refractivity contribution is 6.30. The zero-order valence-corrected chi connectivity index (χ0v) is 26.3. The Morgan fingerprint density at radius 3 is 2.49 bits per heavy atom. The first-order chi connectivity index (χ1) is 19.4. The van der Waals surface area contributed by atoms with Crippen LogP contribution < -0.4 is 0 Å². The summed E-state index contributed by atoms with van der Waals surface area (Å²) in [6.45, 7) is 14.8. The van der Waals surface area contributed by atoms with Crippen molar-refractivity contribution in [2.75, 3.05) is 19.7 Å². The molecule has 0 aromatic heterocycles. The fraction of sp³-hybridized carbons (Fsp3) is 0.515. The smallest absolute Gasteiger partial charge is 0.410 e. The molecule has 5 atom stereocenters. The summed E-state index contributed by atoms with van der Waals surface area (Å²) >= 11 is 12.8. The van der Waals surface area contributed by atoms with E-state index in [1.54, 1.807) is 4.90 Å². The van der Waals surface area contributed by atoms with Crippen LogP contribution in [0.3, 0.4) is 0 Å². The summed E-state index contributed by atoms with van der Waals surface area (Å²) in [7, 11) is 0. The fourth-order valence-corrected chi connectivity index (χ4v) is 6.62. The molecule has 222 valence electrons. The van der Waals surface area contributed by atoms with Crippen LogP contribution in [0.25, 0.3) is 0 Å². The molecule has 2 aromatic carbocycles. The molecule has 0 aliphatic carbocycles. The van der Waals surface area contributed by atoms with Gasteiger partial charge in [0, 0.05) is 22.5 Å². The molecule has 2 fully saturated rings. The zero-order valence-electron chi connectivity index (χ0n) is 24.7. The first kappa shape index (κ1) is 31.4. The lowest BCUT2D eigenvalue weighted by Gasteiger charge is -2.54. The molecular formula is C33H42Cl2N2O4. The van der Waals surface area contributed by atoms with Gasteiger partial charge in [-0.15, -0.1) is 6.58 Å². The summed E-state index contributed by atoms with van der Waals surface area (Å²) in [5.41, 5.74) is 0.783. The first-order valence-electron chi connectivity index (χ1n) is 14.4. The summed E-state index contributed by atoms with van der Waals surface area (Å²) in [5, 5.41) is 1.29. The third-order valence-corrected chi connectivity index (χ3v) is 8.62. The highest BCUT2D eigenvalue weighted by atomic mass is 35.5. The maximum Gasteiger partial charge on any atom is 0.410 e. The van der Waals surface area contributed by atoms with Crippen LogP contribution in [-0.2, 0) is 14.3 Å². The number of halogens is 2. The van der Waals surface area contributed by atoms with Crippen LogP contribution in [0.15, 0.2) is 61.2 Å². The zero-order chi connectivity index (χ0) is 29.9. The summed E-state index contributed by atoms with van der Waals surface area (Å²) in [4.78, 5) is 31.4. The number of rotatable bonds is 7. The summed E-state index contributed by atoms with van der Waals surface area (Å²) in [6, 6.07) is 15.1. The molecule has 4 rings (SSSR count). The Morgan fingerprint density at radius 2 is 1.88 bits per heavy atom. The monoisotopic (exact) mass is 600 g/mol. The van der Waals surface area contributed by atoms with Crippen molar-refractivity contribution in [1.82, 2.24) is 9.80 Å². The van der Waals surface area contributed by atoms with E-state index in [-0.39, 0.29) is 36.1 Å². The fourth-order valence-electron chi connectivity index (χ4n) is 6.29. The quantitative estimate of drug-likeness (QED) is 0.302. The van der Waals surface area contributed by atoms with E-state index in [2.05, 4.69) is 19.6 Å². The van der Waals surface area contributed by atoms with E-state index >= 15 is 0 Å². The van der Waals surface area contributed by atoms with Gasteiger partial charge in [0.05, 0.1) is 36.8 Å². The van der Waals surface area contributed by atoms with Crippen molar-refractivity contribution < 1.29 is 19.1 Å². The minimum Gasteiger partial charge on any atom is -0.444 e. The van der Waals surface area contributed by atoms with Crippen LogP contribution in [0.2, 0.25) is 10.0 Å². The van der Waals surface area contributed by atoms with E-state index in [1.807, 2.05) is 81.1 Å². The molecule has 2 aliphatic rings. The number of likely N-dealkylation sites (tertiary alicyclic amines) is 1. The van der Waals surface area contributed by atoms with Gasteiger partial charge in [-0.2, -0.15) is 0 Å². The van der Waals surface area contributed by atoms with E-state index < -0.39 is 11.0 Å². The molecule has 41 heavy (non-hydrogen) atoms. The summed E-state index contributed by atoms with van der Waals surface area (Å²) < 4.78 is 12.0.